The van der Waals surface area contributed by atoms with Gasteiger partial charge in [-0.05, 0) is 49.7 Å². The highest BCUT2D eigenvalue weighted by Gasteiger charge is 2.14. The van der Waals surface area contributed by atoms with Crippen LogP contribution in [0, 0.1) is 25.2 Å². The lowest BCUT2D eigenvalue weighted by Gasteiger charge is -2.08. The van der Waals surface area contributed by atoms with E-state index in [1.165, 1.54) is 24.3 Å². The third-order valence-electron chi connectivity index (χ3n) is 3.42. The predicted octanol–water partition coefficient (Wildman–Crippen LogP) is 1.26. The van der Waals surface area contributed by atoms with Crippen LogP contribution in [-0.2, 0) is 14.8 Å². The summed E-state index contributed by atoms with van der Waals surface area (Å²) in [6, 6.07) is 9.32. The summed E-state index contributed by atoms with van der Waals surface area (Å²) in [4.78, 5) is 16.4. The molecule has 1 heterocycles. The van der Waals surface area contributed by atoms with Gasteiger partial charge in [-0.2, -0.15) is 13.7 Å². The van der Waals surface area contributed by atoms with Gasteiger partial charge in [-0.25, -0.2) is 4.98 Å². The molecule has 1 aromatic heterocycles. The van der Waals surface area contributed by atoms with Crippen molar-refractivity contribution in [3.63, 3.8) is 0 Å². The highest BCUT2D eigenvalue weighted by Crippen LogP contribution is 2.24. The number of hydrogen-bond acceptors (Lipinski definition) is 6. The highest BCUT2D eigenvalue weighted by molar-refractivity contribution is 8.00. The van der Waals surface area contributed by atoms with Crippen LogP contribution in [0.25, 0.3) is 0 Å². The first kappa shape index (κ1) is 21.2. The fourth-order valence-corrected chi connectivity index (χ4v) is 4.04. The molecule has 5 N–H and O–H groups in total. The number of pyridine rings is 1. The number of anilines is 1. The average molecular weight is 419 g/mol. The van der Waals surface area contributed by atoms with Crippen molar-refractivity contribution in [2.75, 3.05) is 11.1 Å². The van der Waals surface area contributed by atoms with Gasteiger partial charge in [0.1, 0.15) is 11.1 Å². The molecule has 0 aliphatic carbocycles. The molecule has 28 heavy (non-hydrogen) atoms. The van der Waals surface area contributed by atoms with E-state index in [1.807, 2.05) is 13.8 Å². The molecular formula is C17H18N6O3S2. The first-order chi connectivity index (χ1) is 13.1. The number of carbonyl (C=O) groups is 1. The number of guanidine groups is 1. The van der Waals surface area contributed by atoms with Gasteiger partial charge in [-0.3, -0.25) is 4.79 Å². The summed E-state index contributed by atoms with van der Waals surface area (Å²) in [5, 5.41) is 12.4. The van der Waals surface area contributed by atoms with E-state index in [2.05, 4.69) is 20.8 Å². The normalized spacial score (nSPS) is 10.8. The Morgan fingerprint density at radius 1 is 1.29 bits per heavy atom. The second-order valence-electron chi connectivity index (χ2n) is 5.72. The summed E-state index contributed by atoms with van der Waals surface area (Å²) in [6.07, 6.45) is 0. The van der Waals surface area contributed by atoms with Crippen molar-refractivity contribution in [3.8, 4) is 6.07 Å². The van der Waals surface area contributed by atoms with Crippen molar-refractivity contribution >= 4 is 39.3 Å². The zero-order valence-corrected chi connectivity index (χ0v) is 16.8. The molecule has 1 aromatic carbocycles. The first-order valence-electron chi connectivity index (χ1n) is 7.89. The maximum absolute atomic E-state index is 12.2. The molecule has 0 spiro atoms. The highest BCUT2D eigenvalue weighted by atomic mass is 32.2. The van der Waals surface area contributed by atoms with Crippen molar-refractivity contribution in [2.24, 2.45) is 15.9 Å². The molecule has 0 saturated carbocycles. The Kier molecular flexibility index (Phi) is 6.61. The molecule has 2 aromatic rings. The summed E-state index contributed by atoms with van der Waals surface area (Å²) in [5.41, 5.74) is 12.6. The van der Waals surface area contributed by atoms with Crippen molar-refractivity contribution in [2.45, 2.75) is 23.8 Å². The number of aromatic nitrogens is 1. The standard InChI is InChI=1S/C17H18N6O3S2/c1-10-7-11(2)21-16(14(10)8-18)27-9-15(24)22-12-3-5-13(6-4-12)28(25,26)23-17(19)20/h3-7H,9H2,1-2H3,(H,22,24)(H4,19,20,23). The van der Waals surface area contributed by atoms with E-state index in [0.717, 1.165) is 23.0 Å². The van der Waals surface area contributed by atoms with Crippen molar-refractivity contribution in [1.82, 2.24) is 4.98 Å². The minimum atomic E-state index is -3.98. The molecule has 0 fully saturated rings. The van der Waals surface area contributed by atoms with Gasteiger partial charge in [0.2, 0.25) is 11.9 Å². The zero-order valence-electron chi connectivity index (χ0n) is 15.1. The van der Waals surface area contributed by atoms with Crippen LogP contribution in [0.15, 0.2) is 44.7 Å². The molecule has 0 aliphatic heterocycles. The van der Waals surface area contributed by atoms with Gasteiger partial charge in [0.15, 0.2) is 0 Å². The molecule has 0 bridgehead atoms. The number of nitriles is 1. The van der Waals surface area contributed by atoms with Crippen LogP contribution in [0.3, 0.4) is 0 Å². The fraction of sp³-hybridized carbons (Fsp3) is 0.176. The molecule has 0 saturated heterocycles. The summed E-state index contributed by atoms with van der Waals surface area (Å²) < 4.78 is 26.9. The Labute approximate surface area is 166 Å². The van der Waals surface area contributed by atoms with Gasteiger partial charge in [0.25, 0.3) is 10.0 Å². The number of hydrogen-bond donors (Lipinski definition) is 3. The Morgan fingerprint density at radius 3 is 2.50 bits per heavy atom. The molecule has 146 valence electrons. The van der Waals surface area contributed by atoms with E-state index >= 15 is 0 Å². The Morgan fingerprint density at radius 2 is 1.93 bits per heavy atom. The molecule has 11 heteroatoms. The number of nitrogens with two attached hydrogens (primary N) is 2. The fourth-order valence-electron chi connectivity index (χ4n) is 2.28. The minimum absolute atomic E-state index is 0.0403. The molecule has 0 atom stereocenters. The molecule has 1 amide bonds. The molecule has 9 nitrogen and oxygen atoms in total. The summed E-state index contributed by atoms with van der Waals surface area (Å²) in [5.74, 6) is -0.848. The van der Waals surface area contributed by atoms with Crippen LogP contribution >= 0.6 is 11.8 Å². The van der Waals surface area contributed by atoms with E-state index in [4.69, 9.17) is 11.5 Å². The summed E-state index contributed by atoms with van der Waals surface area (Å²) in [7, 11) is -3.98. The SMILES string of the molecule is Cc1cc(C)c(C#N)c(SCC(=O)Nc2ccc(S(=O)(=O)N=C(N)N)cc2)n1. The summed E-state index contributed by atoms with van der Waals surface area (Å²) in [6.45, 7) is 3.63. The van der Waals surface area contributed by atoms with Crippen LogP contribution in [0.1, 0.15) is 16.8 Å². The van der Waals surface area contributed by atoms with Gasteiger partial charge in [-0.15, -0.1) is 4.40 Å². The number of nitrogens with zero attached hydrogens (tertiary/aromatic N) is 3. The lowest BCUT2D eigenvalue weighted by atomic mass is 10.1. The zero-order chi connectivity index (χ0) is 20.9. The van der Waals surface area contributed by atoms with Crippen LogP contribution in [-0.4, -0.2) is 31.0 Å². The predicted molar refractivity (Wildman–Crippen MR) is 107 cm³/mol. The maximum atomic E-state index is 12.2. The number of rotatable bonds is 6. The van der Waals surface area contributed by atoms with E-state index in [-0.39, 0.29) is 16.6 Å². The Bertz CT molecular complexity index is 1070. The first-order valence-corrected chi connectivity index (χ1v) is 10.3. The van der Waals surface area contributed by atoms with E-state index in [1.54, 1.807) is 6.07 Å². The van der Waals surface area contributed by atoms with Crippen LogP contribution in [0.2, 0.25) is 0 Å². The number of aryl methyl sites for hydroxylation is 2. The third-order valence-corrected chi connectivity index (χ3v) is 5.72. The molecule has 0 aliphatic rings. The van der Waals surface area contributed by atoms with Crippen LogP contribution in [0.4, 0.5) is 5.69 Å². The number of carbonyl (C=O) groups excluding carboxylic acids is 1. The third kappa shape index (κ3) is 5.45. The van der Waals surface area contributed by atoms with Gasteiger partial charge >= 0.3 is 0 Å². The van der Waals surface area contributed by atoms with Gasteiger partial charge < -0.3 is 16.8 Å². The number of sulfonamides is 1. The molecular weight excluding hydrogens is 400 g/mol. The molecule has 0 unspecified atom stereocenters. The smallest absolute Gasteiger partial charge is 0.285 e. The van der Waals surface area contributed by atoms with E-state index in [0.29, 0.717) is 16.3 Å². The van der Waals surface area contributed by atoms with Crippen molar-refractivity contribution in [3.05, 3.63) is 47.2 Å². The number of nitrogens with one attached hydrogen (secondary N) is 1. The topological polar surface area (TPSA) is 164 Å². The number of thioether (sulfide) groups is 1. The van der Waals surface area contributed by atoms with Crippen LogP contribution < -0.4 is 16.8 Å². The quantitative estimate of drug-likeness (QED) is 0.358. The lowest BCUT2D eigenvalue weighted by molar-refractivity contribution is -0.113. The molecule has 2 rings (SSSR count). The largest absolute Gasteiger partial charge is 0.369 e. The maximum Gasteiger partial charge on any atom is 0.285 e. The van der Waals surface area contributed by atoms with Crippen molar-refractivity contribution in [1.29, 1.82) is 5.26 Å². The number of benzene rings is 1. The van der Waals surface area contributed by atoms with Gasteiger partial charge in [0.05, 0.1) is 16.2 Å². The van der Waals surface area contributed by atoms with E-state index < -0.39 is 16.0 Å². The monoisotopic (exact) mass is 418 g/mol. The number of amides is 1. The Balaban J connectivity index is 2.05. The van der Waals surface area contributed by atoms with E-state index in [9.17, 15) is 18.5 Å². The summed E-state index contributed by atoms with van der Waals surface area (Å²) >= 11 is 1.15. The minimum Gasteiger partial charge on any atom is -0.369 e. The second kappa shape index (κ2) is 8.73. The van der Waals surface area contributed by atoms with Gasteiger partial charge in [0, 0.05) is 11.4 Å². The van der Waals surface area contributed by atoms with Gasteiger partial charge in [-0.1, -0.05) is 11.8 Å². The average Bonchev–Trinajstić information content (AvgIpc) is 2.59. The molecule has 0 radical (unpaired) electrons. The van der Waals surface area contributed by atoms with Crippen molar-refractivity contribution < 1.29 is 13.2 Å². The van der Waals surface area contributed by atoms with Crippen LogP contribution in [0.5, 0.6) is 0 Å². The lowest BCUT2D eigenvalue weighted by Crippen LogP contribution is -2.24. The Hall–Kier alpha value is -3.10. The second-order valence-corrected chi connectivity index (χ2v) is 8.29.